The third-order valence-electron chi connectivity index (χ3n) is 1.82. The predicted molar refractivity (Wildman–Crippen MR) is 50.2 cm³/mol. The molecular formula is C10H6F4N2O2. The number of nitriles is 1. The molecule has 0 amide bonds. The van der Waals surface area contributed by atoms with Crippen molar-refractivity contribution < 1.29 is 27.1 Å². The van der Waals surface area contributed by atoms with E-state index in [9.17, 15) is 22.4 Å². The second-order valence-corrected chi connectivity index (χ2v) is 3.05. The summed E-state index contributed by atoms with van der Waals surface area (Å²) in [5.41, 5.74) is -2.60. The molecule has 0 atom stereocenters. The van der Waals surface area contributed by atoms with Gasteiger partial charge in [0.2, 0.25) is 0 Å². The minimum absolute atomic E-state index is 0.227. The Balaban J connectivity index is 3.21. The van der Waals surface area contributed by atoms with Crippen molar-refractivity contribution in [1.82, 2.24) is 4.98 Å². The van der Waals surface area contributed by atoms with Gasteiger partial charge in [-0.25, -0.2) is 14.2 Å². The van der Waals surface area contributed by atoms with Crippen LogP contribution in [0.25, 0.3) is 0 Å². The van der Waals surface area contributed by atoms with Gasteiger partial charge in [-0.2, -0.15) is 18.4 Å². The highest BCUT2D eigenvalue weighted by Gasteiger charge is 2.37. The Morgan fingerprint density at radius 2 is 2.17 bits per heavy atom. The van der Waals surface area contributed by atoms with E-state index in [0.717, 1.165) is 0 Å². The number of rotatable bonds is 3. The number of hydrogen-bond donors (Lipinski definition) is 0. The first-order valence-corrected chi connectivity index (χ1v) is 4.60. The maximum atomic E-state index is 12.5. The zero-order chi connectivity index (χ0) is 13.8. The van der Waals surface area contributed by atoms with E-state index in [4.69, 9.17) is 5.26 Å². The number of hydrogen-bond acceptors (Lipinski definition) is 4. The summed E-state index contributed by atoms with van der Waals surface area (Å²) in [6.07, 6.45) is -4.17. The van der Waals surface area contributed by atoms with Gasteiger partial charge in [0.25, 0.3) is 0 Å². The minimum atomic E-state index is -4.86. The molecule has 0 aromatic carbocycles. The fraction of sp³-hybridized carbons (Fsp3) is 0.300. The Morgan fingerprint density at radius 3 is 2.67 bits per heavy atom. The van der Waals surface area contributed by atoms with E-state index in [2.05, 4.69) is 9.72 Å². The lowest BCUT2D eigenvalue weighted by atomic mass is 10.1. The zero-order valence-corrected chi connectivity index (χ0v) is 8.79. The second kappa shape index (κ2) is 5.44. The maximum Gasteiger partial charge on any atom is 0.434 e. The maximum absolute atomic E-state index is 12.5. The van der Waals surface area contributed by atoms with Crippen LogP contribution in [0.5, 0.6) is 0 Å². The molecule has 0 aliphatic heterocycles. The van der Waals surface area contributed by atoms with Crippen LogP contribution in [-0.2, 0) is 10.9 Å². The first-order chi connectivity index (χ1) is 8.40. The Kier molecular flexibility index (Phi) is 4.20. The van der Waals surface area contributed by atoms with Crippen LogP contribution in [0, 0.1) is 11.3 Å². The van der Waals surface area contributed by atoms with Crippen LogP contribution in [0.3, 0.4) is 0 Å². The Morgan fingerprint density at radius 1 is 1.50 bits per heavy atom. The predicted octanol–water partition coefficient (Wildman–Crippen LogP) is 2.10. The van der Waals surface area contributed by atoms with Gasteiger partial charge >= 0.3 is 12.1 Å². The minimum Gasteiger partial charge on any atom is -0.459 e. The molecule has 0 unspecified atom stereocenters. The highest BCUT2D eigenvalue weighted by atomic mass is 19.4. The number of halogens is 4. The van der Waals surface area contributed by atoms with Gasteiger partial charge in [-0.3, -0.25) is 0 Å². The molecule has 1 rings (SSSR count). The molecule has 0 spiro atoms. The van der Waals surface area contributed by atoms with Crippen LogP contribution < -0.4 is 0 Å². The molecule has 1 aromatic heterocycles. The zero-order valence-electron chi connectivity index (χ0n) is 8.79. The van der Waals surface area contributed by atoms with Gasteiger partial charge in [0.1, 0.15) is 19.4 Å². The normalized spacial score (nSPS) is 10.8. The summed E-state index contributed by atoms with van der Waals surface area (Å²) in [6, 6.07) is 2.25. The summed E-state index contributed by atoms with van der Waals surface area (Å²) in [4.78, 5) is 14.3. The summed E-state index contributed by atoms with van der Waals surface area (Å²) in [5.74, 6) is -1.37. The fourth-order valence-corrected chi connectivity index (χ4v) is 1.12. The lowest BCUT2D eigenvalue weighted by Crippen LogP contribution is -2.18. The van der Waals surface area contributed by atoms with Crippen molar-refractivity contribution in [3.8, 4) is 6.07 Å². The third kappa shape index (κ3) is 3.16. The lowest BCUT2D eigenvalue weighted by molar-refractivity contribution is -0.141. The third-order valence-corrected chi connectivity index (χ3v) is 1.82. The molecule has 0 bridgehead atoms. The first kappa shape index (κ1) is 13.9. The molecule has 1 heterocycles. The molecule has 0 saturated carbocycles. The Hall–Kier alpha value is -2.17. The SMILES string of the molecule is N#Cc1cnc(C(F)(F)F)c(C(=O)OCCF)c1. The Labute approximate surface area is 98.8 Å². The van der Waals surface area contributed by atoms with Crippen molar-refractivity contribution in [2.45, 2.75) is 6.18 Å². The van der Waals surface area contributed by atoms with Gasteiger partial charge in [0.15, 0.2) is 5.69 Å². The van der Waals surface area contributed by atoms with Crippen molar-refractivity contribution in [2.75, 3.05) is 13.3 Å². The highest BCUT2D eigenvalue weighted by Crippen LogP contribution is 2.30. The molecule has 1 aromatic rings. The van der Waals surface area contributed by atoms with E-state index in [1.807, 2.05) is 0 Å². The van der Waals surface area contributed by atoms with Crippen molar-refractivity contribution in [3.05, 3.63) is 29.1 Å². The second-order valence-electron chi connectivity index (χ2n) is 3.05. The number of carbonyl (C=O) groups is 1. The molecule has 18 heavy (non-hydrogen) atoms. The number of esters is 1. The highest BCUT2D eigenvalue weighted by molar-refractivity contribution is 5.91. The van der Waals surface area contributed by atoms with E-state index >= 15 is 0 Å². The average Bonchev–Trinajstić information content (AvgIpc) is 2.34. The van der Waals surface area contributed by atoms with Crippen molar-refractivity contribution in [3.63, 3.8) is 0 Å². The standard InChI is InChI=1S/C10H6F4N2O2/c11-1-2-18-9(17)7-3-6(4-15)5-16-8(7)10(12,13)14/h3,5H,1-2H2. The largest absolute Gasteiger partial charge is 0.459 e. The van der Waals surface area contributed by atoms with Crippen molar-refractivity contribution in [1.29, 1.82) is 5.26 Å². The van der Waals surface area contributed by atoms with Crippen molar-refractivity contribution >= 4 is 5.97 Å². The van der Waals surface area contributed by atoms with Crippen LogP contribution in [-0.4, -0.2) is 24.2 Å². The Bertz CT molecular complexity index is 494. The van der Waals surface area contributed by atoms with E-state index in [1.165, 1.54) is 0 Å². The van der Waals surface area contributed by atoms with Crippen molar-refractivity contribution in [2.24, 2.45) is 0 Å². The first-order valence-electron chi connectivity index (χ1n) is 4.60. The molecule has 0 N–H and O–H groups in total. The summed E-state index contributed by atoms with van der Waals surface area (Å²) < 4.78 is 53.6. The quantitative estimate of drug-likeness (QED) is 0.618. The van der Waals surface area contributed by atoms with E-state index in [1.54, 1.807) is 6.07 Å². The summed E-state index contributed by atoms with van der Waals surface area (Å²) in [7, 11) is 0. The number of carbonyl (C=O) groups excluding carboxylic acids is 1. The van der Waals surface area contributed by atoms with E-state index < -0.39 is 36.7 Å². The number of pyridine rings is 1. The van der Waals surface area contributed by atoms with E-state index in [-0.39, 0.29) is 5.56 Å². The number of nitrogens with zero attached hydrogens (tertiary/aromatic N) is 2. The van der Waals surface area contributed by atoms with Crippen LogP contribution in [0.1, 0.15) is 21.6 Å². The van der Waals surface area contributed by atoms with Gasteiger partial charge in [-0.15, -0.1) is 0 Å². The van der Waals surface area contributed by atoms with Gasteiger partial charge < -0.3 is 4.74 Å². The van der Waals surface area contributed by atoms with Crippen LogP contribution in [0.15, 0.2) is 12.3 Å². The molecule has 0 saturated heterocycles. The van der Waals surface area contributed by atoms with E-state index in [0.29, 0.717) is 12.3 Å². The molecule has 8 heteroatoms. The van der Waals surface area contributed by atoms with Crippen LogP contribution in [0.2, 0.25) is 0 Å². The monoisotopic (exact) mass is 262 g/mol. The van der Waals surface area contributed by atoms with Crippen LogP contribution in [0.4, 0.5) is 17.6 Å². The average molecular weight is 262 g/mol. The lowest BCUT2D eigenvalue weighted by Gasteiger charge is -2.10. The van der Waals surface area contributed by atoms with Gasteiger partial charge in [0, 0.05) is 6.20 Å². The number of aromatic nitrogens is 1. The molecule has 0 radical (unpaired) electrons. The number of alkyl halides is 4. The van der Waals surface area contributed by atoms with Gasteiger partial charge in [0.05, 0.1) is 11.1 Å². The van der Waals surface area contributed by atoms with Gasteiger partial charge in [-0.05, 0) is 6.07 Å². The molecule has 0 aliphatic carbocycles. The molecule has 96 valence electrons. The topological polar surface area (TPSA) is 63.0 Å². The van der Waals surface area contributed by atoms with Gasteiger partial charge in [-0.1, -0.05) is 0 Å². The summed E-state index contributed by atoms with van der Waals surface area (Å²) >= 11 is 0. The molecule has 0 aliphatic rings. The fourth-order valence-electron chi connectivity index (χ4n) is 1.12. The number of ether oxygens (including phenoxy) is 1. The summed E-state index contributed by atoms with van der Waals surface area (Å²) in [6.45, 7) is -1.68. The van der Waals surface area contributed by atoms with Crippen LogP contribution >= 0.6 is 0 Å². The molecular weight excluding hydrogens is 256 g/mol. The molecule has 4 nitrogen and oxygen atoms in total. The smallest absolute Gasteiger partial charge is 0.434 e. The summed E-state index contributed by atoms with van der Waals surface area (Å²) in [5, 5.41) is 8.53. The molecule has 0 fully saturated rings.